The molecule has 0 saturated heterocycles. The quantitative estimate of drug-likeness (QED) is 0.337. The zero-order chi connectivity index (χ0) is 12.8. The van der Waals surface area contributed by atoms with Gasteiger partial charge in [-0.1, -0.05) is 18.2 Å². The fraction of sp³-hybridized carbons (Fsp3) is 0.462. The van der Waals surface area contributed by atoms with Crippen LogP contribution in [-0.2, 0) is 5.75 Å². The first-order valence-corrected chi connectivity index (χ1v) is 7.29. The monoisotopic (exact) mass is 395 g/mol. The van der Waals surface area contributed by atoms with E-state index < -0.39 is 0 Å². The zero-order valence-corrected chi connectivity index (χ0v) is 13.8. The van der Waals surface area contributed by atoms with Crippen molar-refractivity contribution in [3.63, 3.8) is 0 Å². The van der Waals surface area contributed by atoms with Crippen molar-refractivity contribution < 1.29 is 4.39 Å². The third kappa shape index (κ3) is 6.47. The van der Waals surface area contributed by atoms with Gasteiger partial charge in [0.25, 0.3) is 0 Å². The highest BCUT2D eigenvalue weighted by molar-refractivity contribution is 14.0. The van der Waals surface area contributed by atoms with Crippen LogP contribution in [0, 0.1) is 5.82 Å². The number of guanidine groups is 1. The van der Waals surface area contributed by atoms with Gasteiger partial charge in [0, 0.05) is 17.5 Å². The first-order valence-electron chi connectivity index (χ1n) is 6.13. The van der Waals surface area contributed by atoms with E-state index in [0.717, 1.165) is 11.3 Å². The number of nitrogens with two attached hydrogens (primary N) is 1. The van der Waals surface area contributed by atoms with Crippen LogP contribution in [0.1, 0.15) is 18.4 Å². The van der Waals surface area contributed by atoms with E-state index in [0.29, 0.717) is 24.3 Å². The third-order valence-electron chi connectivity index (χ3n) is 2.66. The molecule has 1 saturated carbocycles. The summed E-state index contributed by atoms with van der Waals surface area (Å²) in [5, 5.41) is 3.13. The lowest BCUT2D eigenvalue weighted by molar-refractivity contribution is 0.617. The Balaban J connectivity index is 0.00000180. The Kier molecular flexibility index (Phi) is 7.52. The van der Waals surface area contributed by atoms with Gasteiger partial charge in [0.05, 0.1) is 6.54 Å². The average Bonchev–Trinajstić information content (AvgIpc) is 3.15. The molecule has 0 bridgehead atoms. The number of nitrogens with zero attached hydrogens (tertiary/aromatic N) is 1. The summed E-state index contributed by atoms with van der Waals surface area (Å²) in [6.07, 6.45) is 2.39. The predicted octanol–water partition coefficient (Wildman–Crippen LogP) is 2.74. The first-order chi connectivity index (χ1) is 8.75. The van der Waals surface area contributed by atoms with Crippen LogP contribution in [0.2, 0.25) is 0 Å². The molecule has 2 rings (SSSR count). The molecule has 3 N–H and O–H groups in total. The molecule has 0 spiro atoms. The predicted molar refractivity (Wildman–Crippen MR) is 90.6 cm³/mol. The lowest BCUT2D eigenvalue weighted by Gasteiger charge is -2.04. The zero-order valence-electron chi connectivity index (χ0n) is 10.6. The van der Waals surface area contributed by atoms with Crippen LogP contribution in [0.4, 0.5) is 4.39 Å². The molecule has 1 aromatic carbocycles. The number of hydrogen-bond acceptors (Lipinski definition) is 2. The molecule has 19 heavy (non-hydrogen) atoms. The van der Waals surface area contributed by atoms with Gasteiger partial charge in [-0.2, -0.15) is 11.8 Å². The summed E-state index contributed by atoms with van der Waals surface area (Å²) in [4.78, 5) is 4.23. The highest BCUT2D eigenvalue weighted by Gasteiger charge is 2.21. The van der Waals surface area contributed by atoms with E-state index in [2.05, 4.69) is 10.3 Å². The number of aliphatic imine (C=N–C) groups is 1. The number of hydrogen-bond donors (Lipinski definition) is 2. The molecule has 0 radical (unpaired) electrons. The maximum absolute atomic E-state index is 13.3. The molecule has 1 fully saturated rings. The highest BCUT2D eigenvalue weighted by Crippen LogP contribution is 2.18. The molecule has 6 heteroatoms. The second-order valence-electron chi connectivity index (χ2n) is 4.33. The van der Waals surface area contributed by atoms with Crippen LogP contribution in [0.3, 0.4) is 0 Å². The van der Waals surface area contributed by atoms with Crippen molar-refractivity contribution in [1.82, 2.24) is 5.32 Å². The Bertz CT molecular complexity index is 424. The molecular weight excluding hydrogens is 376 g/mol. The molecule has 0 aliphatic heterocycles. The van der Waals surface area contributed by atoms with Crippen LogP contribution < -0.4 is 11.1 Å². The largest absolute Gasteiger partial charge is 0.370 e. The molecule has 3 nitrogen and oxygen atoms in total. The topological polar surface area (TPSA) is 50.4 Å². The number of halogens is 2. The van der Waals surface area contributed by atoms with Gasteiger partial charge in [-0.15, -0.1) is 24.0 Å². The van der Waals surface area contributed by atoms with Crippen LogP contribution in [-0.4, -0.2) is 24.3 Å². The second kappa shape index (κ2) is 8.63. The summed E-state index contributed by atoms with van der Waals surface area (Å²) >= 11 is 1.67. The highest BCUT2D eigenvalue weighted by atomic mass is 127. The number of rotatable bonds is 6. The normalized spacial score (nSPS) is 14.9. The fourth-order valence-corrected chi connectivity index (χ4v) is 2.33. The molecule has 1 aliphatic carbocycles. The average molecular weight is 395 g/mol. The third-order valence-corrected chi connectivity index (χ3v) is 3.65. The van der Waals surface area contributed by atoms with Crippen molar-refractivity contribution in [2.24, 2.45) is 10.7 Å². The van der Waals surface area contributed by atoms with E-state index in [1.54, 1.807) is 17.8 Å². The van der Waals surface area contributed by atoms with Gasteiger partial charge in [-0.3, -0.25) is 4.99 Å². The standard InChI is InChI=1S/C13H18FN3S.HI/c14-12-4-2-1-3-10(12)9-18-8-7-16-13(15)17-11-5-6-11;/h1-4,11H,5-9H2,(H3,15,16,17);1H. The molecule has 0 unspecified atom stereocenters. The van der Waals surface area contributed by atoms with Gasteiger partial charge < -0.3 is 11.1 Å². The fourth-order valence-electron chi connectivity index (χ4n) is 1.51. The minimum absolute atomic E-state index is 0. The Morgan fingerprint density at radius 2 is 2.16 bits per heavy atom. The molecule has 1 aromatic rings. The van der Waals surface area contributed by atoms with Gasteiger partial charge >= 0.3 is 0 Å². The molecule has 0 amide bonds. The van der Waals surface area contributed by atoms with E-state index >= 15 is 0 Å². The van der Waals surface area contributed by atoms with Crippen molar-refractivity contribution >= 4 is 41.7 Å². The summed E-state index contributed by atoms with van der Waals surface area (Å²) < 4.78 is 13.3. The molecule has 0 aromatic heterocycles. The smallest absolute Gasteiger partial charge is 0.188 e. The molecule has 106 valence electrons. The van der Waals surface area contributed by atoms with Crippen LogP contribution in [0.5, 0.6) is 0 Å². The molecular formula is C13H19FIN3S. The second-order valence-corrected chi connectivity index (χ2v) is 5.43. The van der Waals surface area contributed by atoms with E-state index in [-0.39, 0.29) is 29.8 Å². The van der Waals surface area contributed by atoms with E-state index in [1.165, 1.54) is 18.9 Å². The number of nitrogens with one attached hydrogen (secondary N) is 1. The Hall–Kier alpha value is -0.500. The maximum atomic E-state index is 13.3. The lowest BCUT2D eigenvalue weighted by Crippen LogP contribution is -2.33. The number of benzene rings is 1. The van der Waals surface area contributed by atoms with Gasteiger partial charge in [-0.25, -0.2) is 4.39 Å². The van der Waals surface area contributed by atoms with Gasteiger partial charge in [0.15, 0.2) is 5.96 Å². The van der Waals surface area contributed by atoms with Crippen molar-refractivity contribution in [3.05, 3.63) is 35.6 Å². The minimum atomic E-state index is -0.136. The molecule has 1 aliphatic rings. The Labute approximate surface area is 134 Å². The molecule has 0 atom stereocenters. The number of thioether (sulfide) groups is 1. The van der Waals surface area contributed by atoms with Crippen LogP contribution >= 0.6 is 35.7 Å². The van der Waals surface area contributed by atoms with E-state index in [4.69, 9.17) is 5.73 Å². The van der Waals surface area contributed by atoms with E-state index in [1.807, 2.05) is 12.1 Å². The first kappa shape index (κ1) is 16.6. The lowest BCUT2D eigenvalue weighted by atomic mass is 10.2. The van der Waals surface area contributed by atoms with Gasteiger partial charge in [0.1, 0.15) is 5.82 Å². The summed E-state index contributed by atoms with van der Waals surface area (Å²) in [6.45, 7) is 0.671. The van der Waals surface area contributed by atoms with Crippen molar-refractivity contribution in [2.45, 2.75) is 24.6 Å². The summed E-state index contributed by atoms with van der Waals surface area (Å²) in [7, 11) is 0. The summed E-state index contributed by atoms with van der Waals surface area (Å²) in [5.74, 6) is 1.92. The summed E-state index contributed by atoms with van der Waals surface area (Å²) in [5.41, 5.74) is 6.45. The molecule has 0 heterocycles. The summed E-state index contributed by atoms with van der Waals surface area (Å²) in [6, 6.07) is 7.41. The Morgan fingerprint density at radius 1 is 1.42 bits per heavy atom. The van der Waals surface area contributed by atoms with Crippen LogP contribution in [0.25, 0.3) is 0 Å². The maximum Gasteiger partial charge on any atom is 0.188 e. The Morgan fingerprint density at radius 3 is 2.84 bits per heavy atom. The van der Waals surface area contributed by atoms with Crippen molar-refractivity contribution in [3.8, 4) is 0 Å². The minimum Gasteiger partial charge on any atom is -0.370 e. The van der Waals surface area contributed by atoms with Crippen LogP contribution in [0.15, 0.2) is 29.3 Å². The van der Waals surface area contributed by atoms with Gasteiger partial charge in [-0.05, 0) is 24.5 Å². The van der Waals surface area contributed by atoms with Crippen molar-refractivity contribution in [1.29, 1.82) is 0 Å². The van der Waals surface area contributed by atoms with Gasteiger partial charge in [0.2, 0.25) is 0 Å². The SMILES string of the molecule is I.NC(=NCCSCc1ccccc1F)NC1CC1. The van der Waals surface area contributed by atoms with Crippen molar-refractivity contribution in [2.75, 3.05) is 12.3 Å². The van der Waals surface area contributed by atoms with E-state index in [9.17, 15) is 4.39 Å².